The summed E-state index contributed by atoms with van der Waals surface area (Å²) in [4.78, 5) is 16.2. The van der Waals surface area contributed by atoms with Gasteiger partial charge in [0, 0.05) is 49.0 Å². The number of nitrogens with one attached hydrogen (secondary N) is 1. The molecule has 0 saturated carbocycles. The molecular formula is C25H24FN3O. The summed E-state index contributed by atoms with van der Waals surface area (Å²) in [5.41, 5.74) is 4.25. The van der Waals surface area contributed by atoms with Crippen LogP contribution in [0.3, 0.4) is 0 Å². The number of amides is 1. The summed E-state index contributed by atoms with van der Waals surface area (Å²) in [6.45, 7) is 1.11. The summed E-state index contributed by atoms with van der Waals surface area (Å²) >= 11 is 0. The Kier molecular flexibility index (Phi) is 6.18. The molecule has 2 aromatic heterocycles. The maximum Gasteiger partial charge on any atom is 0.220 e. The van der Waals surface area contributed by atoms with Crippen LogP contribution in [0.25, 0.3) is 10.9 Å². The molecule has 0 atom stereocenters. The van der Waals surface area contributed by atoms with Crippen LogP contribution < -0.4 is 5.32 Å². The molecule has 1 amide bonds. The fraction of sp³-hybridized carbons (Fsp3) is 0.200. The lowest BCUT2D eigenvalue weighted by molar-refractivity contribution is -0.121. The van der Waals surface area contributed by atoms with Gasteiger partial charge in [-0.1, -0.05) is 36.4 Å². The summed E-state index contributed by atoms with van der Waals surface area (Å²) in [7, 11) is 0. The van der Waals surface area contributed by atoms with Crippen molar-refractivity contribution in [3.8, 4) is 0 Å². The predicted octanol–water partition coefficient (Wildman–Crippen LogP) is 4.86. The second-order valence-corrected chi connectivity index (χ2v) is 7.42. The molecule has 0 fully saturated rings. The maximum absolute atomic E-state index is 13.6. The van der Waals surface area contributed by atoms with Crippen LogP contribution >= 0.6 is 0 Å². The second kappa shape index (κ2) is 9.35. The van der Waals surface area contributed by atoms with E-state index in [4.69, 9.17) is 0 Å². The Morgan fingerprint density at radius 3 is 2.73 bits per heavy atom. The summed E-state index contributed by atoms with van der Waals surface area (Å²) in [6, 6.07) is 18.7. The van der Waals surface area contributed by atoms with Gasteiger partial charge in [-0.3, -0.25) is 9.78 Å². The fourth-order valence-corrected chi connectivity index (χ4v) is 3.72. The number of carbonyl (C=O) groups is 1. The van der Waals surface area contributed by atoms with Crippen LogP contribution in [0, 0.1) is 5.82 Å². The van der Waals surface area contributed by atoms with E-state index in [9.17, 15) is 9.18 Å². The Balaban J connectivity index is 1.38. The van der Waals surface area contributed by atoms with E-state index >= 15 is 0 Å². The quantitative estimate of drug-likeness (QED) is 0.458. The average molecular weight is 401 g/mol. The number of benzene rings is 2. The van der Waals surface area contributed by atoms with E-state index in [1.165, 1.54) is 17.0 Å². The van der Waals surface area contributed by atoms with Crippen molar-refractivity contribution in [2.75, 3.05) is 0 Å². The van der Waals surface area contributed by atoms with Crippen molar-refractivity contribution in [2.24, 2.45) is 0 Å². The second-order valence-electron chi connectivity index (χ2n) is 7.42. The number of hydrogen-bond acceptors (Lipinski definition) is 2. The zero-order valence-electron chi connectivity index (χ0n) is 16.7. The van der Waals surface area contributed by atoms with Gasteiger partial charge in [-0.25, -0.2) is 4.39 Å². The number of carbonyl (C=O) groups excluding carboxylic acids is 1. The Morgan fingerprint density at radius 2 is 1.90 bits per heavy atom. The van der Waals surface area contributed by atoms with Gasteiger partial charge in [-0.2, -0.15) is 0 Å². The van der Waals surface area contributed by atoms with Crippen LogP contribution in [0.1, 0.15) is 29.5 Å². The van der Waals surface area contributed by atoms with Crippen LogP contribution in [0.5, 0.6) is 0 Å². The number of halogens is 1. The molecule has 0 bridgehead atoms. The zero-order valence-corrected chi connectivity index (χ0v) is 16.7. The Hall–Kier alpha value is -3.47. The van der Waals surface area contributed by atoms with Gasteiger partial charge < -0.3 is 9.88 Å². The van der Waals surface area contributed by atoms with Crippen LogP contribution in [-0.4, -0.2) is 15.5 Å². The van der Waals surface area contributed by atoms with Crippen molar-refractivity contribution in [3.05, 3.63) is 102 Å². The largest absolute Gasteiger partial charge is 0.352 e. The Labute approximate surface area is 175 Å². The SMILES string of the molecule is O=C(CCCc1cn(Cc2cccc(F)c2)c2ccccc12)NCc1cccnc1. The fourth-order valence-electron chi connectivity index (χ4n) is 3.72. The molecule has 1 N–H and O–H groups in total. The van der Waals surface area contributed by atoms with Crippen molar-refractivity contribution < 1.29 is 9.18 Å². The third-order valence-corrected chi connectivity index (χ3v) is 5.18. The van der Waals surface area contributed by atoms with Gasteiger partial charge in [0.15, 0.2) is 0 Å². The first-order chi connectivity index (χ1) is 14.7. The molecule has 0 aliphatic carbocycles. The number of aromatic nitrogens is 2. The molecule has 4 rings (SSSR count). The van der Waals surface area contributed by atoms with Gasteiger partial charge in [0.05, 0.1) is 0 Å². The van der Waals surface area contributed by atoms with Crippen LogP contribution in [0.4, 0.5) is 4.39 Å². The predicted molar refractivity (Wildman–Crippen MR) is 116 cm³/mol. The molecule has 0 saturated heterocycles. The highest BCUT2D eigenvalue weighted by Crippen LogP contribution is 2.24. The van der Waals surface area contributed by atoms with E-state index in [0.717, 1.165) is 29.5 Å². The highest BCUT2D eigenvalue weighted by molar-refractivity contribution is 5.84. The Bertz CT molecular complexity index is 1140. The standard InChI is InChI=1S/C25H24FN3O/c26-22-9-3-6-19(14-22)17-29-18-21(23-10-1-2-11-24(23)29)8-4-12-25(30)28-16-20-7-5-13-27-15-20/h1-3,5-7,9-11,13-15,18H,4,8,12,16-17H2,(H,28,30). The van der Waals surface area contributed by atoms with Gasteiger partial charge in [-0.15, -0.1) is 0 Å². The lowest BCUT2D eigenvalue weighted by Crippen LogP contribution is -2.22. The molecule has 4 aromatic rings. The first-order valence-corrected chi connectivity index (χ1v) is 10.2. The monoisotopic (exact) mass is 401 g/mol. The van der Waals surface area contributed by atoms with E-state index in [2.05, 4.69) is 33.2 Å². The molecule has 5 heteroatoms. The van der Waals surface area contributed by atoms with Gasteiger partial charge in [0.25, 0.3) is 0 Å². The number of para-hydroxylation sites is 1. The summed E-state index contributed by atoms with van der Waals surface area (Å²) in [5, 5.41) is 4.13. The minimum atomic E-state index is -0.221. The molecule has 2 heterocycles. The number of hydrogen-bond donors (Lipinski definition) is 1. The number of aryl methyl sites for hydroxylation is 1. The van der Waals surface area contributed by atoms with Crippen molar-refractivity contribution in [3.63, 3.8) is 0 Å². The normalized spacial score (nSPS) is 11.0. The first kappa shape index (κ1) is 19.8. The van der Waals surface area contributed by atoms with Crippen molar-refractivity contribution in [1.82, 2.24) is 14.9 Å². The molecule has 0 spiro atoms. The molecule has 0 aliphatic rings. The summed E-state index contributed by atoms with van der Waals surface area (Å²) in [5.74, 6) is -0.177. The van der Waals surface area contributed by atoms with E-state index in [1.807, 2.05) is 30.3 Å². The van der Waals surface area contributed by atoms with E-state index in [-0.39, 0.29) is 11.7 Å². The van der Waals surface area contributed by atoms with Gasteiger partial charge in [-0.05, 0) is 53.8 Å². The molecule has 0 unspecified atom stereocenters. The van der Waals surface area contributed by atoms with Crippen molar-refractivity contribution >= 4 is 16.8 Å². The highest BCUT2D eigenvalue weighted by atomic mass is 19.1. The minimum Gasteiger partial charge on any atom is -0.352 e. The van der Waals surface area contributed by atoms with Crippen LogP contribution in [0.2, 0.25) is 0 Å². The lowest BCUT2D eigenvalue weighted by atomic mass is 10.1. The van der Waals surface area contributed by atoms with Crippen LogP contribution in [-0.2, 0) is 24.3 Å². The minimum absolute atomic E-state index is 0.0438. The summed E-state index contributed by atoms with van der Waals surface area (Å²) < 4.78 is 15.7. The highest BCUT2D eigenvalue weighted by Gasteiger charge is 2.10. The van der Waals surface area contributed by atoms with Gasteiger partial charge >= 0.3 is 0 Å². The maximum atomic E-state index is 13.6. The number of rotatable bonds is 8. The Morgan fingerprint density at radius 1 is 1.03 bits per heavy atom. The molecule has 4 nitrogen and oxygen atoms in total. The average Bonchev–Trinajstić information content (AvgIpc) is 3.11. The van der Waals surface area contributed by atoms with Crippen LogP contribution in [0.15, 0.2) is 79.3 Å². The number of nitrogens with zero attached hydrogens (tertiary/aromatic N) is 2. The molecule has 152 valence electrons. The molecule has 2 aromatic carbocycles. The first-order valence-electron chi connectivity index (χ1n) is 10.2. The van der Waals surface area contributed by atoms with E-state index < -0.39 is 0 Å². The number of fused-ring (bicyclic) bond motifs is 1. The molecule has 0 radical (unpaired) electrons. The molecule has 30 heavy (non-hydrogen) atoms. The summed E-state index contributed by atoms with van der Waals surface area (Å²) in [6.07, 6.45) is 7.67. The lowest BCUT2D eigenvalue weighted by Gasteiger charge is -2.05. The van der Waals surface area contributed by atoms with E-state index in [0.29, 0.717) is 19.5 Å². The third-order valence-electron chi connectivity index (χ3n) is 5.18. The van der Waals surface area contributed by atoms with Crippen molar-refractivity contribution in [1.29, 1.82) is 0 Å². The van der Waals surface area contributed by atoms with Crippen molar-refractivity contribution in [2.45, 2.75) is 32.4 Å². The zero-order chi connectivity index (χ0) is 20.8. The van der Waals surface area contributed by atoms with E-state index in [1.54, 1.807) is 24.5 Å². The number of pyridine rings is 1. The third kappa shape index (κ3) is 4.92. The smallest absolute Gasteiger partial charge is 0.220 e. The molecule has 0 aliphatic heterocycles. The van der Waals surface area contributed by atoms with Gasteiger partial charge in [0.1, 0.15) is 5.82 Å². The van der Waals surface area contributed by atoms with Gasteiger partial charge in [0.2, 0.25) is 5.91 Å². The molecular weight excluding hydrogens is 377 g/mol. The topological polar surface area (TPSA) is 46.9 Å².